The molecular weight excluding hydrogens is 356 g/mol. The van der Waals surface area contributed by atoms with Gasteiger partial charge in [0.05, 0.1) is 19.2 Å². The zero-order chi connectivity index (χ0) is 19.9. The van der Waals surface area contributed by atoms with Crippen molar-refractivity contribution < 1.29 is 19.4 Å². The van der Waals surface area contributed by atoms with Crippen LogP contribution >= 0.6 is 0 Å². The molecule has 3 rings (SSSR count). The molecule has 0 unspecified atom stereocenters. The molecule has 0 saturated carbocycles. The van der Waals surface area contributed by atoms with Crippen LogP contribution in [0.15, 0.2) is 48.5 Å². The Bertz CT molecular complexity index is 820. The van der Waals surface area contributed by atoms with E-state index in [4.69, 9.17) is 9.84 Å². The summed E-state index contributed by atoms with van der Waals surface area (Å²) in [4.78, 5) is 25.6. The van der Waals surface area contributed by atoms with Crippen molar-refractivity contribution in [3.8, 4) is 5.75 Å². The molecule has 1 atom stereocenters. The van der Waals surface area contributed by atoms with Gasteiger partial charge in [-0.2, -0.15) is 0 Å². The number of nitrogens with zero attached hydrogens (tertiary/aromatic N) is 1. The molecule has 1 saturated heterocycles. The first-order valence-corrected chi connectivity index (χ1v) is 9.51. The number of piperidine rings is 1. The van der Waals surface area contributed by atoms with E-state index >= 15 is 0 Å². The number of carboxylic acid groups (broad SMARTS) is 1. The fourth-order valence-corrected chi connectivity index (χ4v) is 3.67. The molecule has 0 aliphatic carbocycles. The molecule has 1 aliphatic heterocycles. The van der Waals surface area contributed by atoms with E-state index in [0.29, 0.717) is 24.6 Å². The topological polar surface area (TPSA) is 78.9 Å². The summed E-state index contributed by atoms with van der Waals surface area (Å²) in [5, 5.41) is 12.0. The zero-order valence-corrected chi connectivity index (χ0v) is 16.1. The molecule has 1 heterocycles. The van der Waals surface area contributed by atoms with Crippen molar-refractivity contribution in [2.75, 3.05) is 26.7 Å². The first-order valence-electron chi connectivity index (χ1n) is 9.51. The van der Waals surface area contributed by atoms with E-state index in [1.165, 1.54) is 0 Å². The van der Waals surface area contributed by atoms with E-state index in [0.717, 1.165) is 42.8 Å². The highest BCUT2D eigenvalue weighted by molar-refractivity contribution is 5.87. The highest BCUT2D eigenvalue weighted by Gasteiger charge is 2.23. The number of ether oxygens (including phenoxy) is 1. The van der Waals surface area contributed by atoms with E-state index in [9.17, 15) is 9.59 Å². The Hall–Kier alpha value is -2.86. The Morgan fingerprint density at radius 2 is 1.93 bits per heavy atom. The molecule has 2 aromatic carbocycles. The van der Waals surface area contributed by atoms with Crippen LogP contribution in [0.25, 0.3) is 0 Å². The number of carbonyl (C=O) groups is 2. The van der Waals surface area contributed by atoms with Crippen molar-refractivity contribution in [3.05, 3.63) is 65.2 Å². The molecule has 0 spiro atoms. The summed E-state index contributed by atoms with van der Waals surface area (Å²) in [7, 11) is 1.62. The van der Waals surface area contributed by atoms with Gasteiger partial charge >= 0.3 is 5.97 Å². The normalized spacial score (nSPS) is 17.1. The van der Waals surface area contributed by atoms with E-state index in [1.807, 2.05) is 36.4 Å². The first-order chi connectivity index (χ1) is 13.6. The molecular formula is C22H26N2O4. The van der Waals surface area contributed by atoms with Gasteiger partial charge in [-0.05, 0) is 49.1 Å². The summed E-state index contributed by atoms with van der Waals surface area (Å²) < 4.78 is 5.32. The molecule has 1 fully saturated rings. The second-order valence-electron chi connectivity index (χ2n) is 7.09. The number of hydrogen-bond donors (Lipinski definition) is 2. The molecule has 0 radical (unpaired) electrons. The highest BCUT2D eigenvalue weighted by Crippen LogP contribution is 2.27. The third kappa shape index (κ3) is 5.10. The average Bonchev–Trinajstić information content (AvgIpc) is 2.72. The summed E-state index contributed by atoms with van der Waals surface area (Å²) in [6, 6.07) is 14.7. The van der Waals surface area contributed by atoms with Crippen LogP contribution in [0.2, 0.25) is 0 Å². The van der Waals surface area contributed by atoms with E-state index in [2.05, 4.69) is 10.2 Å². The van der Waals surface area contributed by atoms with Gasteiger partial charge in [0.2, 0.25) is 5.91 Å². The van der Waals surface area contributed by atoms with Crippen LogP contribution in [0.5, 0.6) is 5.75 Å². The minimum Gasteiger partial charge on any atom is -0.496 e. The lowest BCUT2D eigenvalue weighted by molar-refractivity contribution is -0.122. The molecule has 0 bridgehead atoms. The minimum absolute atomic E-state index is 0.00668. The average molecular weight is 382 g/mol. The number of nitrogens with one attached hydrogen (secondary N) is 1. The van der Waals surface area contributed by atoms with Crippen LogP contribution in [0.3, 0.4) is 0 Å². The SMILES string of the molecule is COc1ccccc1CNC(=O)CN1CCC[C@H](c2ccc(C(=O)O)cc2)C1. The Morgan fingerprint density at radius 3 is 2.64 bits per heavy atom. The van der Waals surface area contributed by atoms with Crippen molar-refractivity contribution in [1.29, 1.82) is 0 Å². The third-order valence-electron chi connectivity index (χ3n) is 5.17. The summed E-state index contributed by atoms with van der Waals surface area (Å²) in [5.74, 6) is 0.167. The second kappa shape index (κ2) is 9.37. The number of para-hydroxylation sites is 1. The molecule has 6 nitrogen and oxygen atoms in total. The standard InChI is InChI=1S/C22H26N2O4/c1-28-20-7-3-2-5-18(20)13-23-21(25)15-24-12-4-6-19(14-24)16-8-10-17(11-9-16)22(26)27/h2-3,5,7-11,19H,4,6,12-15H2,1H3,(H,23,25)(H,26,27)/t19-/m0/s1. The Kier molecular flexibility index (Phi) is 6.66. The summed E-state index contributed by atoms with van der Waals surface area (Å²) in [6.07, 6.45) is 2.07. The third-order valence-corrected chi connectivity index (χ3v) is 5.17. The fourth-order valence-electron chi connectivity index (χ4n) is 3.67. The largest absolute Gasteiger partial charge is 0.496 e. The summed E-state index contributed by atoms with van der Waals surface area (Å²) in [6.45, 7) is 2.50. The second-order valence-corrected chi connectivity index (χ2v) is 7.09. The lowest BCUT2D eigenvalue weighted by atomic mass is 9.90. The maximum atomic E-state index is 12.4. The van der Waals surface area contributed by atoms with Crippen LogP contribution < -0.4 is 10.1 Å². The number of carboxylic acids is 1. The van der Waals surface area contributed by atoms with Gasteiger partial charge in [0.1, 0.15) is 5.75 Å². The lowest BCUT2D eigenvalue weighted by Crippen LogP contribution is -2.41. The van der Waals surface area contributed by atoms with Crippen LogP contribution in [0, 0.1) is 0 Å². The number of likely N-dealkylation sites (tertiary alicyclic amines) is 1. The lowest BCUT2D eigenvalue weighted by Gasteiger charge is -2.32. The van der Waals surface area contributed by atoms with E-state index in [1.54, 1.807) is 19.2 Å². The van der Waals surface area contributed by atoms with Crippen LogP contribution in [0.1, 0.15) is 40.2 Å². The molecule has 6 heteroatoms. The molecule has 2 N–H and O–H groups in total. The van der Waals surface area contributed by atoms with E-state index in [-0.39, 0.29) is 5.91 Å². The van der Waals surface area contributed by atoms with Crippen LogP contribution in [-0.2, 0) is 11.3 Å². The molecule has 1 amide bonds. The van der Waals surface area contributed by atoms with E-state index < -0.39 is 5.97 Å². The maximum absolute atomic E-state index is 12.4. The van der Waals surface area contributed by atoms with Gasteiger partial charge in [-0.3, -0.25) is 9.69 Å². The predicted octanol–water partition coefficient (Wildman–Crippen LogP) is 2.89. The van der Waals surface area contributed by atoms with Crippen molar-refractivity contribution in [3.63, 3.8) is 0 Å². The zero-order valence-electron chi connectivity index (χ0n) is 16.1. The number of methoxy groups -OCH3 is 1. The molecule has 148 valence electrons. The summed E-state index contributed by atoms with van der Waals surface area (Å²) in [5.41, 5.74) is 2.38. The number of carbonyl (C=O) groups excluding carboxylic acids is 1. The number of hydrogen-bond acceptors (Lipinski definition) is 4. The van der Waals surface area contributed by atoms with Gasteiger partial charge in [-0.15, -0.1) is 0 Å². The Balaban J connectivity index is 1.52. The van der Waals surface area contributed by atoms with Gasteiger partial charge in [0.25, 0.3) is 0 Å². The Labute approximate surface area is 165 Å². The highest BCUT2D eigenvalue weighted by atomic mass is 16.5. The van der Waals surface area contributed by atoms with Gasteiger partial charge in [-0.1, -0.05) is 30.3 Å². The number of aromatic carboxylic acids is 1. The fraction of sp³-hybridized carbons (Fsp3) is 0.364. The van der Waals surface area contributed by atoms with Crippen molar-refractivity contribution in [1.82, 2.24) is 10.2 Å². The maximum Gasteiger partial charge on any atom is 0.335 e. The van der Waals surface area contributed by atoms with Crippen LogP contribution in [-0.4, -0.2) is 48.6 Å². The minimum atomic E-state index is -0.913. The van der Waals surface area contributed by atoms with Crippen molar-refractivity contribution in [2.45, 2.75) is 25.3 Å². The number of benzene rings is 2. The van der Waals surface area contributed by atoms with Crippen molar-refractivity contribution in [2.24, 2.45) is 0 Å². The quantitative estimate of drug-likeness (QED) is 0.770. The smallest absolute Gasteiger partial charge is 0.335 e. The van der Waals surface area contributed by atoms with Gasteiger partial charge in [0, 0.05) is 18.7 Å². The molecule has 28 heavy (non-hydrogen) atoms. The van der Waals surface area contributed by atoms with Gasteiger partial charge < -0.3 is 15.2 Å². The Morgan fingerprint density at radius 1 is 1.18 bits per heavy atom. The van der Waals surface area contributed by atoms with Gasteiger partial charge in [0.15, 0.2) is 0 Å². The molecule has 2 aromatic rings. The van der Waals surface area contributed by atoms with Crippen LogP contribution in [0.4, 0.5) is 0 Å². The van der Waals surface area contributed by atoms with Crippen molar-refractivity contribution >= 4 is 11.9 Å². The predicted molar refractivity (Wildman–Crippen MR) is 107 cm³/mol. The molecule has 0 aromatic heterocycles. The summed E-state index contributed by atoms with van der Waals surface area (Å²) >= 11 is 0. The molecule has 1 aliphatic rings. The number of amides is 1. The number of rotatable bonds is 7. The monoisotopic (exact) mass is 382 g/mol. The van der Waals surface area contributed by atoms with Gasteiger partial charge in [-0.25, -0.2) is 4.79 Å². The first kappa shape index (κ1) is 19.9.